The van der Waals surface area contributed by atoms with Crippen molar-refractivity contribution < 1.29 is 42.9 Å². The van der Waals surface area contributed by atoms with Gasteiger partial charge in [0.25, 0.3) is 0 Å². The van der Waals surface area contributed by atoms with Crippen molar-refractivity contribution in [2.75, 3.05) is 46.1 Å². The topological polar surface area (TPSA) is 147 Å². The average molecular weight is 415 g/mol. The Morgan fingerprint density at radius 1 is 1.07 bits per heavy atom. The number of carbonyl (C=O) groups excluding carboxylic acids is 5. The summed E-state index contributed by atoms with van der Waals surface area (Å²) in [5.41, 5.74) is 0. The SMILES string of the molecule is CCCCN(C(=O)NCC(=O)OCC1CO1)C(=O)N(C=O)CC(=O)OCC1CO1. The Hall–Kier alpha value is -2.73. The molecule has 2 heterocycles. The van der Waals surface area contributed by atoms with Crippen LogP contribution in [0.15, 0.2) is 0 Å². The number of nitrogens with one attached hydrogen (secondary N) is 1. The minimum Gasteiger partial charge on any atom is -0.462 e. The molecule has 5 amide bonds. The molecule has 2 aliphatic heterocycles. The minimum absolute atomic E-state index is 0.00142. The highest BCUT2D eigenvalue weighted by Crippen LogP contribution is 2.09. The summed E-state index contributed by atoms with van der Waals surface area (Å²) in [6, 6.07) is -1.88. The first-order chi connectivity index (χ1) is 13.9. The van der Waals surface area contributed by atoms with Crippen molar-refractivity contribution in [2.45, 2.75) is 32.0 Å². The van der Waals surface area contributed by atoms with Crippen molar-refractivity contribution in [1.82, 2.24) is 15.1 Å². The fourth-order valence-corrected chi connectivity index (χ4v) is 2.08. The van der Waals surface area contributed by atoms with Crippen molar-refractivity contribution in [3.63, 3.8) is 0 Å². The normalized spacial score (nSPS) is 18.9. The molecule has 0 radical (unpaired) electrons. The van der Waals surface area contributed by atoms with Crippen molar-refractivity contribution in [2.24, 2.45) is 0 Å². The Morgan fingerprint density at radius 2 is 1.66 bits per heavy atom. The molecule has 2 saturated heterocycles. The molecule has 12 heteroatoms. The van der Waals surface area contributed by atoms with Gasteiger partial charge in [0.1, 0.15) is 38.5 Å². The van der Waals surface area contributed by atoms with Crippen LogP contribution in [-0.4, -0.2) is 98.5 Å². The molecule has 2 atom stereocenters. The summed E-state index contributed by atoms with van der Waals surface area (Å²) in [4.78, 5) is 60.9. The van der Waals surface area contributed by atoms with Gasteiger partial charge in [0.05, 0.1) is 13.2 Å². The molecule has 0 aromatic rings. The van der Waals surface area contributed by atoms with E-state index in [1.54, 1.807) is 0 Å². The number of imide groups is 2. The predicted molar refractivity (Wildman–Crippen MR) is 94.6 cm³/mol. The molecule has 0 spiro atoms. The fourth-order valence-electron chi connectivity index (χ4n) is 2.08. The van der Waals surface area contributed by atoms with Gasteiger partial charge in [0.2, 0.25) is 6.41 Å². The second-order valence-electron chi connectivity index (χ2n) is 6.46. The summed E-state index contributed by atoms with van der Waals surface area (Å²) in [6.07, 6.45) is 1.03. The van der Waals surface area contributed by atoms with Gasteiger partial charge >= 0.3 is 24.0 Å². The molecule has 0 aromatic heterocycles. The van der Waals surface area contributed by atoms with Crippen LogP contribution in [0.3, 0.4) is 0 Å². The quantitative estimate of drug-likeness (QED) is 0.247. The van der Waals surface area contributed by atoms with Gasteiger partial charge in [0, 0.05) is 6.54 Å². The summed E-state index contributed by atoms with van der Waals surface area (Å²) >= 11 is 0. The zero-order chi connectivity index (χ0) is 21.2. The summed E-state index contributed by atoms with van der Waals surface area (Å²) in [7, 11) is 0. The van der Waals surface area contributed by atoms with E-state index in [0.717, 1.165) is 4.90 Å². The van der Waals surface area contributed by atoms with Gasteiger partial charge in [-0.3, -0.25) is 19.3 Å². The number of nitrogens with zero attached hydrogens (tertiary/aromatic N) is 2. The number of esters is 2. The number of epoxide rings is 2. The van der Waals surface area contributed by atoms with E-state index in [1.807, 2.05) is 6.92 Å². The molecule has 0 saturated carbocycles. The van der Waals surface area contributed by atoms with E-state index in [9.17, 15) is 24.0 Å². The van der Waals surface area contributed by atoms with Crippen molar-refractivity contribution in [1.29, 1.82) is 0 Å². The van der Waals surface area contributed by atoms with Crippen LogP contribution in [0.25, 0.3) is 0 Å². The van der Waals surface area contributed by atoms with E-state index in [2.05, 4.69) is 5.32 Å². The highest BCUT2D eigenvalue weighted by molar-refractivity contribution is 5.99. The van der Waals surface area contributed by atoms with Crippen LogP contribution in [-0.2, 0) is 33.3 Å². The summed E-state index contributed by atoms with van der Waals surface area (Å²) < 4.78 is 19.6. The Morgan fingerprint density at radius 3 is 2.17 bits per heavy atom. The average Bonchev–Trinajstić information content (AvgIpc) is 3.62. The van der Waals surface area contributed by atoms with Crippen LogP contribution in [0.1, 0.15) is 19.8 Å². The molecule has 2 rings (SSSR count). The summed E-state index contributed by atoms with van der Waals surface area (Å²) in [6.45, 7) is 1.91. The monoisotopic (exact) mass is 415 g/mol. The Kier molecular flexibility index (Phi) is 8.80. The molecular weight excluding hydrogens is 390 g/mol. The molecule has 162 valence electrons. The van der Waals surface area contributed by atoms with Crippen LogP contribution in [0.5, 0.6) is 0 Å². The highest BCUT2D eigenvalue weighted by Gasteiger charge is 2.30. The molecular formula is C17H25N3O9. The van der Waals surface area contributed by atoms with Crippen LogP contribution < -0.4 is 5.32 Å². The second kappa shape index (κ2) is 11.3. The number of ether oxygens (including phenoxy) is 4. The van der Waals surface area contributed by atoms with Crippen LogP contribution in [0.2, 0.25) is 0 Å². The number of amides is 5. The lowest BCUT2D eigenvalue weighted by Gasteiger charge is -2.25. The third kappa shape index (κ3) is 8.44. The Labute approximate surface area is 167 Å². The summed E-state index contributed by atoms with van der Waals surface area (Å²) in [5, 5.41) is 2.27. The van der Waals surface area contributed by atoms with Gasteiger partial charge in [-0.1, -0.05) is 13.3 Å². The second-order valence-corrected chi connectivity index (χ2v) is 6.46. The number of carbonyl (C=O) groups is 5. The Bertz CT molecular complexity index is 619. The number of hydrogen-bond donors (Lipinski definition) is 1. The number of unbranched alkanes of at least 4 members (excludes halogenated alkanes) is 1. The maximum atomic E-state index is 12.6. The molecule has 29 heavy (non-hydrogen) atoms. The van der Waals surface area contributed by atoms with Crippen molar-refractivity contribution >= 4 is 30.4 Å². The van der Waals surface area contributed by atoms with Crippen molar-refractivity contribution in [3.8, 4) is 0 Å². The van der Waals surface area contributed by atoms with Crippen LogP contribution >= 0.6 is 0 Å². The third-order valence-electron chi connectivity index (χ3n) is 3.93. The highest BCUT2D eigenvalue weighted by atomic mass is 16.6. The van der Waals surface area contributed by atoms with E-state index in [0.29, 0.717) is 31.0 Å². The molecule has 0 aromatic carbocycles. The van der Waals surface area contributed by atoms with Gasteiger partial charge in [-0.25, -0.2) is 14.5 Å². The van der Waals surface area contributed by atoms with Crippen molar-refractivity contribution in [3.05, 3.63) is 0 Å². The molecule has 0 bridgehead atoms. The van der Waals surface area contributed by atoms with Gasteiger partial charge in [-0.05, 0) is 6.42 Å². The first kappa shape index (κ1) is 22.6. The van der Waals surface area contributed by atoms with E-state index >= 15 is 0 Å². The molecule has 1 N–H and O–H groups in total. The minimum atomic E-state index is -0.995. The zero-order valence-electron chi connectivity index (χ0n) is 16.2. The van der Waals surface area contributed by atoms with E-state index in [-0.39, 0.29) is 38.4 Å². The van der Waals surface area contributed by atoms with Gasteiger partial charge in [0.15, 0.2) is 0 Å². The van der Waals surface area contributed by atoms with Crippen LogP contribution in [0.4, 0.5) is 9.59 Å². The Balaban J connectivity index is 1.85. The lowest BCUT2D eigenvalue weighted by Crippen LogP contribution is -2.52. The fraction of sp³-hybridized carbons (Fsp3) is 0.706. The standard InChI is InChI=1S/C17H25N3O9/c1-2-3-4-20(16(24)18-5-14(22)28-9-12-7-26-12)17(25)19(11-21)6-15(23)29-10-13-8-27-13/h11-13H,2-10H2,1H3,(H,18,24). The third-order valence-corrected chi connectivity index (χ3v) is 3.93. The molecule has 2 unspecified atom stereocenters. The molecule has 2 aliphatic rings. The summed E-state index contributed by atoms with van der Waals surface area (Å²) in [5.74, 6) is -1.49. The van der Waals surface area contributed by atoms with Gasteiger partial charge < -0.3 is 24.3 Å². The lowest BCUT2D eigenvalue weighted by atomic mass is 10.3. The largest absolute Gasteiger partial charge is 0.462 e. The first-order valence-electron chi connectivity index (χ1n) is 9.30. The van der Waals surface area contributed by atoms with Gasteiger partial charge in [-0.15, -0.1) is 0 Å². The van der Waals surface area contributed by atoms with Crippen LogP contribution in [0, 0.1) is 0 Å². The smallest absolute Gasteiger partial charge is 0.335 e. The van der Waals surface area contributed by atoms with Gasteiger partial charge in [-0.2, -0.15) is 0 Å². The molecule has 2 fully saturated rings. The van der Waals surface area contributed by atoms with E-state index in [1.165, 1.54) is 0 Å². The number of urea groups is 2. The predicted octanol–water partition coefficient (Wildman–Crippen LogP) is -0.739. The first-order valence-corrected chi connectivity index (χ1v) is 9.30. The number of hydrogen-bond acceptors (Lipinski definition) is 9. The maximum Gasteiger partial charge on any atom is 0.335 e. The maximum absolute atomic E-state index is 12.6. The lowest BCUT2D eigenvalue weighted by molar-refractivity contribution is -0.146. The molecule has 12 nitrogen and oxygen atoms in total. The number of rotatable bonds is 12. The van der Waals surface area contributed by atoms with E-state index in [4.69, 9.17) is 18.9 Å². The zero-order valence-corrected chi connectivity index (χ0v) is 16.2. The molecule has 0 aliphatic carbocycles. The van der Waals surface area contributed by atoms with E-state index < -0.39 is 37.1 Å².